The van der Waals surface area contributed by atoms with Crippen LogP contribution >= 0.6 is 0 Å². The molecule has 1 N–H and O–H groups in total. The lowest BCUT2D eigenvalue weighted by atomic mass is 9.97. The summed E-state index contributed by atoms with van der Waals surface area (Å²) in [6, 6.07) is 0.693. The van der Waals surface area contributed by atoms with Gasteiger partial charge in [0.1, 0.15) is 0 Å². The average molecular weight is 214 g/mol. The van der Waals surface area contributed by atoms with Gasteiger partial charge in [0.15, 0.2) is 0 Å². The summed E-state index contributed by atoms with van der Waals surface area (Å²) in [7, 11) is 1.78. The Balaban J connectivity index is 2.48. The maximum atomic E-state index is 5.18. The Morgan fingerprint density at radius 2 is 2.20 bits per heavy atom. The monoisotopic (exact) mass is 214 g/mol. The Morgan fingerprint density at radius 3 is 2.80 bits per heavy atom. The highest BCUT2D eigenvalue weighted by Gasteiger charge is 2.31. The van der Waals surface area contributed by atoms with Crippen molar-refractivity contribution >= 4 is 0 Å². The standard InChI is InChI=1S/C12H26N2O/c1-5-6-11-9-13-12(2,3)10-14(11)7-8-15-4/h11,13H,5-10H2,1-4H3. The van der Waals surface area contributed by atoms with Crippen molar-refractivity contribution in [3.8, 4) is 0 Å². The Morgan fingerprint density at radius 1 is 1.47 bits per heavy atom. The lowest BCUT2D eigenvalue weighted by Crippen LogP contribution is -2.61. The van der Waals surface area contributed by atoms with E-state index in [0.717, 1.165) is 26.2 Å². The van der Waals surface area contributed by atoms with Crippen LogP contribution in [0.25, 0.3) is 0 Å². The normalized spacial score (nSPS) is 26.8. The highest BCUT2D eigenvalue weighted by molar-refractivity contribution is 4.91. The van der Waals surface area contributed by atoms with Crippen LogP contribution in [0.5, 0.6) is 0 Å². The van der Waals surface area contributed by atoms with Gasteiger partial charge in [-0.05, 0) is 20.3 Å². The third kappa shape index (κ3) is 4.09. The second-order valence-corrected chi connectivity index (χ2v) is 5.17. The Kier molecular flexibility index (Phi) is 5.03. The molecule has 3 nitrogen and oxygen atoms in total. The van der Waals surface area contributed by atoms with E-state index in [1.54, 1.807) is 7.11 Å². The van der Waals surface area contributed by atoms with Crippen molar-refractivity contribution < 1.29 is 4.74 Å². The first kappa shape index (κ1) is 12.9. The van der Waals surface area contributed by atoms with Gasteiger partial charge in [-0.15, -0.1) is 0 Å². The van der Waals surface area contributed by atoms with E-state index in [1.807, 2.05) is 0 Å². The molecule has 0 radical (unpaired) electrons. The van der Waals surface area contributed by atoms with Gasteiger partial charge in [0.25, 0.3) is 0 Å². The van der Waals surface area contributed by atoms with Crippen LogP contribution < -0.4 is 5.32 Å². The van der Waals surface area contributed by atoms with Crippen molar-refractivity contribution in [2.24, 2.45) is 0 Å². The molecule has 15 heavy (non-hydrogen) atoms. The quantitative estimate of drug-likeness (QED) is 0.750. The van der Waals surface area contributed by atoms with Gasteiger partial charge < -0.3 is 10.1 Å². The van der Waals surface area contributed by atoms with E-state index < -0.39 is 0 Å². The fraction of sp³-hybridized carbons (Fsp3) is 1.00. The Labute approximate surface area is 94.2 Å². The molecular formula is C12H26N2O. The zero-order valence-corrected chi connectivity index (χ0v) is 10.7. The predicted molar refractivity (Wildman–Crippen MR) is 64.2 cm³/mol. The maximum Gasteiger partial charge on any atom is 0.0589 e. The molecule has 1 heterocycles. The van der Waals surface area contributed by atoms with E-state index in [9.17, 15) is 0 Å². The third-order valence-corrected chi connectivity index (χ3v) is 3.14. The summed E-state index contributed by atoms with van der Waals surface area (Å²) in [5, 5.41) is 3.62. The number of methoxy groups -OCH3 is 1. The van der Waals surface area contributed by atoms with Crippen molar-refractivity contribution in [2.45, 2.75) is 45.2 Å². The molecule has 1 saturated heterocycles. The molecule has 0 bridgehead atoms. The van der Waals surface area contributed by atoms with E-state index in [-0.39, 0.29) is 5.54 Å². The van der Waals surface area contributed by atoms with Gasteiger partial charge in [-0.1, -0.05) is 13.3 Å². The largest absolute Gasteiger partial charge is 0.383 e. The molecular weight excluding hydrogens is 188 g/mol. The molecule has 1 fully saturated rings. The third-order valence-electron chi connectivity index (χ3n) is 3.14. The van der Waals surface area contributed by atoms with Crippen molar-refractivity contribution in [1.29, 1.82) is 0 Å². The van der Waals surface area contributed by atoms with Crippen molar-refractivity contribution in [3.63, 3.8) is 0 Å². The fourth-order valence-electron chi connectivity index (χ4n) is 2.30. The molecule has 1 atom stereocenters. The first-order valence-corrected chi connectivity index (χ1v) is 6.07. The number of nitrogens with one attached hydrogen (secondary N) is 1. The number of ether oxygens (including phenoxy) is 1. The van der Waals surface area contributed by atoms with Gasteiger partial charge in [-0.3, -0.25) is 4.90 Å². The summed E-state index contributed by atoms with van der Waals surface area (Å²) < 4.78 is 5.18. The molecule has 0 aliphatic carbocycles. The second kappa shape index (κ2) is 5.83. The summed E-state index contributed by atoms with van der Waals surface area (Å²) in [6.45, 7) is 11.0. The van der Waals surface area contributed by atoms with Crippen LogP contribution in [0.2, 0.25) is 0 Å². The topological polar surface area (TPSA) is 24.5 Å². The second-order valence-electron chi connectivity index (χ2n) is 5.17. The van der Waals surface area contributed by atoms with E-state index in [0.29, 0.717) is 6.04 Å². The average Bonchev–Trinajstić information content (AvgIpc) is 2.18. The van der Waals surface area contributed by atoms with Gasteiger partial charge in [0.2, 0.25) is 0 Å². The zero-order valence-electron chi connectivity index (χ0n) is 10.7. The van der Waals surface area contributed by atoms with E-state index >= 15 is 0 Å². The van der Waals surface area contributed by atoms with Crippen LogP contribution in [0, 0.1) is 0 Å². The molecule has 90 valence electrons. The van der Waals surface area contributed by atoms with E-state index in [2.05, 4.69) is 31.0 Å². The molecule has 0 aromatic heterocycles. The first-order chi connectivity index (χ1) is 7.09. The summed E-state index contributed by atoms with van der Waals surface area (Å²) in [6.07, 6.45) is 2.54. The minimum absolute atomic E-state index is 0.248. The van der Waals surface area contributed by atoms with Crippen molar-refractivity contribution in [1.82, 2.24) is 10.2 Å². The first-order valence-electron chi connectivity index (χ1n) is 6.07. The number of nitrogens with zero attached hydrogens (tertiary/aromatic N) is 1. The molecule has 1 aliphatic heterocycles. The Hall–Kier alpha value is -0.120. The lowest BCUT2D eigenvalue weighted by Gasteiger charge is -2.44. The summed E-state index contributed by atoms with van der Waals surface area (Å²) in [5.74, 6) is 0. The van der Waals surface area contributed by atoms with Crippen LogP contribution in [-0.4, -0.2) is 49.8 Å². The predicted octanol–water partition coefficient (Wildman–Crippen LogP) is 1.49. The molecule has 0 aromatic carbocycles. The molecule has 0 spiro atoms. The van der Waals surface area contributed by atoms with Gasteiger partial charge >= 0.3 is 0 Å². The molecule has 0 saturated carbocycles. The minimum Gasteiger partial charge on any atom is -0.383 e. The number of hydrogen-bond donors (Lipinski definition) is 1. The summed E-state index contributed by atoms with van der Waals surface area (Å²) in [4.78, 5) is 2.57. The number of piperazine rings is 1. The molecule has 1 rings (SSSR count). The molecule has 0 aromatic rings. The number of hydrogen-bond acceptors (Lipinski definition) is 3. The molecule has 1 aliphatic rings. The zero-order chi connectivity index (χ0) is 11.3. The van der Waals surface area contributed by atoms with Crippen molar-refractivity contribution in [3.05, 3.63) is 0 Å². The van der Waals surface area contributed by atoms with Crippen LogP contribution in [0.15, 0.2) is 0 Å². The van der Waals surface area contributed by atoms with Crippen LogP contribution in [0.1, 0.15) is 33.6 Å². The molecule has 0 amide bonds. The van der Waals surface area contributed by atoms with Gasteiger partial charge in [-0.25, -0.2) is 0 Å². The molecule has 1 unspecified atom stereocenters. The van der Waals surface area contributed by atoms with Crippen LogP contribution in [-0.2, 0) is 4.74 Å². The van der Waals surface area contributed by atoms with Crippen LogP contribution in [0.4, 0.5) is 0 Å². The molecule has 3 heteroatoms. The van der Waals surface area contributed by atoms with Gasteiger partial charge in [0.05, 0.1) is 6.61 Å². The van der Waals surface area contributed by atoms with Gasteiger partial charge in [-0.2, -0.15) is 0 Å². The summed E-state index contributed by atoms with van der Waals surface area (Å²) in [5.41, 5.74) is 0.248. The maximum absolute atomic E-state index is 5.18. The fourth-order valence-corrected chi connectivity index (χ4v) is 2.30. The summed E-state index contributed by atoms with van der Waals surface area (Å²) >= 11 is 0. The highest BCUT2D eigenvalue weighted by Crippen LogP contribution is 2.17. The van der Waals surface area contributed by atoms with Crippen LogP contribution in [0.3, 0.4) is 0 Å². The highest BCUT2D eigenvalue weighted by atomic mass is 16.5. The SMILES string of the molecule is CCCC1CNC(C)(C)CN1CCOC. The minimum atomic E-state index is 0.248. The van der Waals surface area contributed by atoms with Crippen molar-refractivity contribution in [2.75, 3.05) is 33.4 Å². The smallest absolute Gasteiger partial charge is 0.0589 e. The van der Waals surface area contributed by atoms with E-state index in [1.165, 1.54) is 12.8 Å². The van der Waals surface area contributed by atoms with E-state index in [4.69, 9.17) is 4.74 Å². The number of rotatable bonds is 5. The Bertz CT molecular complexity index is 182. The van der Waals surface area contributed by atoms with Gasteiger partial charge in [0, 0.05) is 38.3 Å². The lowest BCUT2D eigenvalue weighted by molar-refractivity contribution is 0.0605.